The largest absolute Gasteiger partial charge is 0.313 e. The average molecular weight is 299 g/mol. The van der Waals surface area contributed by atoms with Gasteiger partial charge in [0.25, 0.3) is 0 Å². The topological polar surface area (TPSA) is 61.4 Å². The zero-order valence-corrected chi connectivity index (χ0v) is 13.5. The molecule has 0 unspecified atom stereocenters. The van der Waals surface area contributed by atoms with Crippen molar-refractivity contribution in [3.8, 4) is 0 Å². The van der Waals surface area contributed by atoms with E-state index in [-0.39, 0.29) is 0 Å². The third kappa shape index (κ3) is 5.20. The van der Waals surface area contributed by atoms with E-state index in [9.17, 15) is 8.42 Å². The van der Waals surface area contributed by atoms with Gasteiger partial charge >= 0.3 is 0 Å². The molecule has 0 spiro atoms. The normalized spacial score (nSPS) is 12.1. The molecule has 6 heteroatoms. The number of likely N-dealkylation sites (N-methyl/N-ethyl adjacent to an activating group) is 1. The number of hydrogen-bond acceptors (Lipinski definition) is 4. The summed E-state index contributed by atoms with van der Waals surface area (Å²) in [5, 5.41) is 3.20. The van der Waals surface area contributed by atoms with Gasteiger partial charge in [0.2, 0.25) is 10.0 Å². The summed E-state index contributed by atoms with van der Waals surface area (Å²) in [4.78, 5) is 2.31. The summed E-state index contributed by atoms with van der Waals surface area (Å²) in [5.41, 5.74) is 1.74. The first-order chi connectivity index (χ1) is 9.36. The fourth-order valence-corrected chi connectivity index (χ4v) is 3.11. The highest BCUT2D eigenvalue weighted by molar-refractivity contribution is 7.89. The number of aryl methyl sites for hydroxylation is 1. The lowest BCUT2D eigenvalue weighted by Crippen LogP contribution is -2.31. The predicted octanol–water partition coefficient (Wildman–Crippen LogP) is 0.944. The Morgan fingerprint density at radius 2 is 1.95 bits per heavy atom. The Labute approximate surface area is 122 Å². The summed E-state index contributed by atoms with van der Waals surface area (Å²) < 4.78 is 27.3. The van der Waals surface area contributed by atoms with Crippen molar-refractivity contribution in [3.63, 3.8) is 0 Å². The van der Waals surface area contributed by atoms with E-state index >= 15 is 0 Å². The molecule has 0 aromatic heterocycles. The minimum absolute atomic E-state index is 0.367. The molecule has 0 bridgehead atoms. The van der Waals surface area contributed by atoms with Crippen LogP contribution in [-0.2, 0) is 16.6 Å². The quantitative estimate of drug-likeness (QED) is 0.750. The number of nitrogens with one attached hydrogen (secondary N) is 2. The van der Waals surface area contributed by atoms with Crippen molar-refractivity contribution < 1.29 is 8.42 Å². The second kappa shape index (κ2) is 7.73. The van der Waals surface area contributed by atoms with Gasteiger partial charge in [0.15, 0.2) is 0 Å². The number of sulfonamides is 1. The van der Waals surface area contributed by atoms with Crippen LogP contribution in [0.2, 0.25) is 0 Å². The van der Waals surface area contributed by atoms with Crippen molar-refractivity contribution in [2.75, 3.05) is 33.7 Å². The first-order valence-electron chi connectivity index (χ1n) is 6.81. The number of hydrogen-bond donors (Lipinski definition) is 2. The molecular weight excluding hydrogens is 274 g/mol. The molecule has 0 saturated carbocycles. The zero-order chi connectivity index (χ0) is 15.2. The van der Waals surface area contributed by atoms with Gasteiger partial charge in [-0.05, 0) is 44.8 Å². The van der Waals surface area contributed by atoms with Crippen LogP contribution in [0.25, 0.3) is 0 Å². The van der Waals surface area contributed by atoms with Gasteiger partial charge in [-0.1, -0.05) is 19.1 Å². The number of rotatable bonds is 8. The smallest absolute Gasteiger partial charge is 0.240 e. The van der Waals surface area contributed by atoms with Crippen LogP contribution < -0.4 is 10.0 Å². The van der Waals surface area contributed by atoms with E-state index in [0.717, 1.165) is 17.7 Å². The molecule has 0 radical (unpaired) electrons. The van der Waals surface area contributed by atoms with E-state index < -0.39 is 10.0 Å². The molecule has 5 nitrogen and oxygen atoms in total. The highest BCUT2D eigenvalue weighted by Crippen LogP contribution is 2.16. The highest BCUT2D eigenvalue weighted by atomic mass is 32.2. The Hall–Kier alpha value is -0.950. The van der Waals surface area contributed by atoms with Gasteiger partial charge in [-0.2, -0.15) is 0 Å². The molecular formula is C14H25N3O2S. The van der Waals surface area contributed by atoms with Gasteiger partial charge in [-0.25, -0.2) is 13.1 Å². The fourth-order valence-electron chi connectivity index (χ4n) is 1.79. The third-order valence-electron chi connectivity index (χ3n) is 2.97. The molecule has 0 saturated heterocycles. The lowest BCUT2D eigenvalue weighted by molar-refractivity contribution is 0.412. The molecule has 1 rings (SSSR count). The first-order valence-corrected chi connectivity index (χ1v) is 8.29. The molecule has 0 aliphatic heterocycles. The molecule has 0 aliphatic carbocycles. The van der Waals surface area contributed by atoms with Crippen LogP contribution in [0.5, 0.6) is 0 Å². The second-order valence-corrected chi connectivity index (χ2v) is 6.82. The Morgan fingerprint density at radius 3 is 2.55 bits per heavy atom. The van der Waals surface area contributed by atoms with Crippen molar-refractivity contribution in [3.05, 3.63) is 29.3 Å². The molecule has 0 atom stereocenters. The van der Waals surface area contributed by atoms with Gasteiger partial charge in [0.05, 0.1) is 4.90 Å². The Morgan fingerprint density at radius 1 is 1.25 bits per heavy atom. The third-order valence-corrected chi connectivity index (χ3v) is 4.58. The standard InChI is InChI=1S/C14H25N3O2S/c1-5-15-11-13-7-6-12(2)14(10-13)20(18,19)16-8-9-17(3)4/h6-7,10,15-16H,5,8-9,11H2,1-4H3. The molecule has 1 aromatic rings. The molecule has 0 amide bonds. The van der Waals surface area contributed by atoms with Crippen LogP contribution in [0.3, 0.4) is 0 Å². The Kier molecular flexibility index (Phi) is 6.61. The second-order valence-electron chi connectivity index (χ2n) is 5.08. The zero-order valence-electron chi connectivity index (χ0n) is 12.7. The number of nitrogens with zero attached hydrogens (tertiary/aromatic N) is 1. The van der Waals surface area contributed by atoms with Crippen LogP contribution >= 0.6 is 0 Å². The van der Waals surface area contributed by atoms with Crippen molar-refractivity contribution in [1.82, 2.24) is 14.9 Å². The summed E-state index contributed by atoms with van der Waals surface area (Å²) in [6.45, 7) is 6.46. The van der Waals surface area contributed by atoms with Crippen LogP contribution in [0.1, 0.15) is 18.1 Å². The molecule has 114 valence electrons. The van der Waals surface area contributed by atoms with Crippen LogP contribution in [0, 0.1) is 6.92 Å². The number of benzene rings is 1. The average Bonchev–Trinajstić information content (AvgIpc) is 2.36. The maximum Gasteiger partial charge on any atom is 0.240 e. The minimum atomic E-state index is -3.44. The highest BCUT2D eigenvalue weighted by Gasteiger charge is 2.16. The Balaban J connectivity index is 2.87. The van der Waals surface area contributed by atoms with Gasteiger partial charge in [0.1, 0.15) is 0 Å². The maximum atomic E-state index is 12.3. The predicted molar refractivity (Wildman–Crippen MR) is 82.3 cm³/mol. The van der Waals surface area contributed by atoms with Gasteiger partial charge in [-0.15, -0.1) is 0 Å². The molecule has 0 fully saturated rings. The molecule has 1 aromatic carbocycles. The fraction of sp³-hybridized carbons (Fsp3) is 0.571. The minimum Gasteiger partial charge on any atom is -0.313 e. The van der Waals surface area contributed by atoms with E-state index in [1.54, 1.807) is 6.07 Å². The lowest BCUT2D eigenvalue weighted by Gasteiger charge is -2.13. The lowest BCUT2D eigenvalue weighted by atomic mass is 10.1. The summed E-state index contributed by atoms with van der Waals surface area (Å²) in [5.74, 6) is 0. The summed E-state index contributed by atoms with van der Waals surface area (Å²) in [6, 6.07) is 5.56. The monoisotopic (exact) mass is 299 g/mol. The van der Waals surface area contributed by atoms with E-state index in [1.807, 2.05) is 45.0 Å². The van der Waals surface area contributed by atoms with Gasteiger partial charge in [-0.3, -0.25) is 0 Å². The van der Waals surface area contributed by atoms with Crippen molar-refractivity contribution in [2.24, 2.45) is 0 Å². The molecule has 2 N–H and O–H groups in total. The van der Waals surface area contributed by atoms with Crippen LogP contribution in [0.4, 0.5) is 0 Å². The first kappa shape index (κ1) is 17.1. The van der Waals surface area contributed by atoms with Crippen LogP contribution in [0.15, 0.2) is 23.1 Å². The maximum absolute atomic E-state index is 12.3. The van der Waals surface area contributed by atoms with Crippen LogP contribution in [-0.4, -0.2) is 47.0 Å². The van der Waals surface area contributed by atoms with Gasteiger partial charge in [0, 0.05) is 19.6 Å². The van der Waals surface area contributed by atoms with Crippen molar-refractivity contribution >= 4 is 10.0 Å². The summed E-state index contributed by atoms with van der Waals surface area (Å²) in [7, 11) is 0.388. The van der Waals surface area contributed by atoms with E-state index in [2.05, 4.69) is 10.0 Å². The molecule has 0 aliphatic rings. The van der Waals surface area contributed by atoms with E-state index in [4.69, 9.17) is 0 Å². The SMILES string of the molecule is CCNCc1ccc(C)c(S(=O)(=O)NCCN(C)C)c1. The van der Waals surface area contributed by atoms with E-state index in [1.165, 1.54) is 0 Å². The molecule has 0 heterocycles. The summed E-state index contributed by atoms with van der Waals surface area (Å²) >= 11 is 0. The molecule has 20 heavy (non-hydrogen) atoms. The Bertz CT molecular complexity index is 527. The van der Waals surface area contributed by atoms with E-state index in [0.29, 0.717) is 24.5 Å². The van der Waals surface area contributed by atoms with Gasteiger partial charge < -0.3 is 10.2 Å². The van der Waals surface area contributed by atoms with Crippen molar-refractivity contribution in [1.29, 1.82) is 0 Å². The summed E-state index contributed by atoms with van der Waals surface area (Å²) in [6.07, 6.45) is 0. The van der Waals surface area contributed by atoms with Crippen molar-refractivity contribution in [2.45, 2.75) is 25.3 Å².